The second kappa shape index (κ2) is 6.73. The van der Waals surface area contributed by atoms with Crippen molar-refractivity contribution < 1.29 is 9.59 Å². The van der Waals surface area contributed by atoms with Crippen molar-refractivity contribution in [1.82, 2.24) is 5.32 Å². The fourth-order valence-electron chi connectivity index (χ4n) is 3.33. The lowest BCUT2D eigenvalue weighted by Crippen LogP contribution is -2.37. The van der Waals surface area contributed by atoms with Gasteiger partial charge in [0.05, 0.1) is 0 Å². The summed E-state index contributed by atoms with van der Waals surface area (Å²) in [5.41, 5.74) is 1.32. The highest BCUT2D eigenvalue weighted by Gasteiger charge is 2.39. The summed E-state index contributed by atoms with van der Waals surface area (Å²) in [4.78, 5) is 24.4. The van der Waals surface area contributed by atoms with Crippen LogP contribution in [0.4, 0.5) is 5.69 Å². The Bertz CT molecular complexity index is 591. The molecule has 2 aliphatic rings. The first kappa shape index (κ1) is 16.0. The van der Waals surface area contributed by atoms with Gasteiger partial charge in [-0.25, -0.2) is 0 Å². The van der Waals surface area contributed by atoms with Crippen molar-refractivity contribution in [3.63, 3.8) is 0 Å². The first-order valence-corrected chi connectivity index (χ1v) is 8.74. The summed E-state index contributed by atoms with van der Waals surface area (Å²) >= 11 is 0. The Hall–Kier alpha value is -1.84. The lowest BCUT2D eigenvalue weighted by atomic mass is 9.87. The Labute approximate surface area is 138 Å². The van der Waals surface area contributed by atoms with Crippen LogP contribution in [-0.2, 0) is 4.79 Å². The topological polar surface area (TPSA) is 58.2 Å². The van der Waals surface area contributed by atoms with Crippen LogP contribution in [0.3, 0.4) is 0 Å². The maximum absolute atomic E-state index is 12.4. The van der Waals surface area contributed by atoms with E-state index in [4.69, 9.17) is 0 Å². The Morgan fingerprint density at radius 3 is 2.43 bits per heavy atom. The first-order valence-electron chi connectivity index (χ1n) is 8.74. The predicted octanol–water partition coefficient (Wildman–Crippen LogP) is 3.59. The van der Waals surface area contributed by atoms with Gasteiger partial charge in [0.1, 0.15) is 0 Å². The Morgan fingerprint density at radius 1 is 1.09 bits per heavy atom. The average Bonchev–Trinajstić information content (AvgIpc) is 3.27. The highest BCUT2D eigenvalue weighted by Crippen LogP contribution is 2.38. The smallest absolute Gasteiger partial charge is 0.251 e. The molecule has 0 saturated heterocycles. The van der Waals surface area contributed by atoms with Crippen molar-refractivity contribution in [2.24, 2.45) is 17.8 Å². The predicted molar refractivity (Wildman–Crippen MR) is 91.2 cm³/mol. The summed E-state index contributed by atoms with van der Waals surface area (Å²) < 4.78 is 0. The van der Waals surface area contributed by atoms with Gasteiger partial charge in [-0.3, -0.25) is 9.59 Å². The number of rotatable bonds is 4. The molecule has 0 spiro atoms. The molecule has 0 aromatic heterocycles. The van der Waals surface area contributed by atoms with E-state index in [0.29, 0.717) is 17.2 Å². The summed E-state index contributed by atoms with van der Waals surface area (Å²) in [7, 11) is 0. The highest BCUT2D eigenvalue weighted by atomic mass is 16.2. The third-order valence-electron chi connectivity index (χ3n) is 5.19. The van der Waals surface area contributed by atoms with Crippen LogP contribution in [0.25, 0.3) is 0 Å². The molecule has 0 radical (unpaired) electrons. The molecule has 0 aliphatic heterocycles. The van der Waals surface area contributed by atoms with Crippen molar-refractivity contribution in [3.05, 3.63) is 29.8 Å². The van der Waals surface area contributed by atoms with Crippen LogP contribution < -0.4 is 10.6 Å². The van der Waals surface area contributed by atoms with E-state index in [1.165, 1.54) is 12.8 Å². The van der Waals surface area contributed by atoms with E-state index in [2.05, 4.69) is 24.5 Å². The molecule has 124 valence electrons. The number of carbonyl (C=O) groups is 2. The SMILES string of the molecule is CC1CCC(NC(=O)c2cccc(NC(=O)C3CC3C)c2)CC1. The number of hydrogen-bond donors (Lipinski definition) is 2. The molecule has 2 fully saturated rings. The fraction of sp³-hybridized carbons (Fsp3) is 0.579. The number of anilines is 1. The summed E-state index contributed by atoms with van der Waals surface area (Å²) in [6, 6.07) is 7.51. The highest BCUT2D eigenvalue weighted by molar-refractivity contribution is 5.98. The molecule has 0 heterocycles. The Morgan fingerprint density at radius 2 is 1.78 bits per heavy atom. The number of carbonyl (C=O) groups excluding carboxylic acids is 2. The van der Waals surface area contributed by atoms with E-state index < -0.39 is 0 Å². The zero-order valence-electron chi connectivity index (χ0n) is 14.0. The Kier molecular flexibility index (Phi) is 4.69. The minimum Gasteiger partial charge on any atom is -0.349 e. The van der Waals surface area contributed by atoms with Crippen molar-refractivity contribution in [2.45, 2.75) is 52.0 Å². The monoisotopic (exact) mass is 314 g/mol. The number of hydrogen-bond acceptors (Lipinski definition) is 2. The van der Waals surface area contributed by atoms with E-state index >= 15 is 0 Å². The second-order valence-electron chi connectivity index (χ2n) is 7.32. The average molecular weight is 314 g/mol. The molecule has 2 unspecified atom stereocenters. The molecule has 2 saturated carbocycles. The van der Waals surface area contributed by atoms with Crippen molar-refractivity contribution in [3.8, 4) is 0 Å². The molecular formula is C19H26N2O2. The third kappa shape index (κ3) is 4.12. The van der Waals surface area contributed by atoms with Crippen LogP contribution >= 0.6 is 0 Å². The van der Waals surface area contributed by atoms with Crippen LogP contribution in [0.1, 0.15) is 56.3 Å². The largest absolute Gasteiger partial charge is 0.349 e. The molecule has 2 N–H and O–H groups in total. The molecule has 3 rings (SSSR count). The van der Waals surface area contributed by atoms with Gasteiger partial charge in [-0.05, 0) is 62.1 Å². The quantitative estimate of drug-likeness (QED) is 0.892. The third-order valence-corrected chi connectivity index (χ3v) is 5.19. The number of nitrogens with one attached hydrogen (secondary N) is 2. The fourth-order valence-corrected chi connectivity index (χ4v) is 3.33. The van der Waals surface area contributed by atoms with Gasteiger partial charge in [-0.15, -0.1) is 0 Å². The number of benzene rings is 1. The zero-order valence-corrected chi connectivity index (χ0v) is 14.0. The maximum Gasteiger partial charge on any atom is 0.251 e. The van der Waals surface area contributed by atoms with Crippen molar-refractivity contribution in [1.29, 1.82) is 0 Å². The van der Waals surface area contributed by atoms with Gasteiger partial charge in [0.15, 0.2) is 0 Å². The molecule has 1 aromatic carbocycles. The number of amides is 2. The first-order chi connectivity index (χ1) is 11.0. The molecule has 4 nitrogen and oxygen atoms in total. The van der Waals surface area contributed by atoms with E-state index in [1.807, 2.05) is 12.1 Å². The molecule has 4 heteroatoms. The normalized spacial score (nSPS) is 29.7. The summed E-state index contributed by atoms with van der Waals surface area (Å²) in [6.45, 7) is 4.35. The maximum atomic E-state index is 12.4. The molecule has 2 aliphatic carbocycles. The van der Waals surface area contributed by atoms with E-state index in [-0.39, 0.29) is 23.8 Å². The van der Waals surface area contributed by atoms with E-state index in [1.54, 1.807) is 12.1 Å². The van der Waals surface area contributed by atoms with Crippen molar-refractivity contribution in [2.75, 3.05) is 5.32 Å². The van der Waals surface area contributed by atoms with Crippen LogP contribution in [0.15, 0.2) is 24.3 Å². The minimum absolute atomic E-state index is 0.0413. The van der Waals surface area contributed by atoms with Crippen LogP contribution in [-0.4, -0.2) is 17.9 Å². The molecule has 0 bridgehead atoms. The molecule has 1 aromatic rings. The standard InChI is InChI=1S/C19H26N2O2/c1-12-6-8-15(9-7-12)20-18(22)14-4-3-5-16(11-14)21-19(23)17-10-13(17)2/h3-5,11-13,15,17H,6-10H2,1-2H3,(H,20,22)(H,21,23). The molecule has 2 amide bonds. The molecular weight excluding hydrogens is 288 g/mol. The van der Waals surface area contributed by atoms with Crippen molar-refractivity contribution >= 4 is 17.5 Å². The van der Waals surface area contributed by atoms with Gasteiger partial charge in [-0.2, -0.15) is 0 Å². The van der Waals surface area contributed by atoms with Gasteiger partial charge >= 0.3 is 0 Å². The Balaban J connectivity index is 1.58. The van der Waals surface area contributed by atoms with Gasteiger partial charge in [-0.1, -0.05) is 19.9 Å². The lowest BCUT2D eigenvalue weighted by Gasteiger charge is -2.27. The second-order valence-corrected chi connectivity index (χ2v) is 7.32. The lowest BCUT2D eigenvalue weighted by molar-refractivity contribution is -0.117. The van der Waals surface area contributed by atoms with Crippen LogP contribution in [0.2, 0.25) is 0 Å². The summed E-state index contributed by atoms with van der Waals surface area (Å²) in [6.07, 6.45) is 5.44. The summed E-state index contributed by atoms with van der Waals surface area (Å²) in [5.74, 6) is 1.41. The van der Waals surface area contributed by atoms with Crippen LogP contribution in [0.5, 0.6) is 0 Å². The van der Waals surface area contributed by atoms with Gasteiger partial charge < -0.3 is 10.6 Å². The molecule has 23 heavy (non-hydrogen) atoms. The minimum atomic E-state index is -0.0413. The zero-order chi connectivity index (χ0) is 16.4. The van der Waals surface area contributed by atoms with E-state index in [0.717, 1.165) is 25.2 Å². The van der Waals surface area contributed by atoms with Gasteiger partial charge in [0.2, 0.25) is 5.91 Å². The van der Waals surface area contributed by atoms with Gasteiger partial charge in [0, 0.05) is 23.2 Å². The van der Waals surface area contributed by atoms with E-state index in [9.17, 15) is 9.59 Å². The molecule has 2 atom stereocenters. The van der Waals surface area contributed by atoms with Gasteiger partial charge in [0.25, 0.3) is 5.91 Å². The summed E-state index contributed by atoms with van der Waals surface area (Å²) in [5, 5.41) is 6.05. The van der Waals surface area contributed by atoms with Crippen LogP contribution in [0, 0.1) is 17.8 Å².